The maximum atomic E-state index is 11.4. The summed E-state index contributed by atoms with van der Waals surface area (Å²) in [5, 5.41) is 3.03. The van der Waals surface area contributed by atoms with Crippen molar-refractivity contribution < 1.29 is 76.1 Å². The molecule has 0 aromatic heterocycles. The molecule has 0 aromatic carbocycles. The average molecular weight is 301 g/mol. The molecule has 18 heavy (non-hydrogen) atoms. The van der Waals surface area contributed by atoms with Crippen molar-refractivity contribution in [1.29, 1.82) is 0 Å². The maximum absolute atomic E-state index is 11.4. The van der Waals surface area contributed by atoms with Gasteiger partial charge in [0.25, 0.3) is 0 Å². The molecule has 6 nitrogen and oxygen atoms in total. The molecule has 0 heterocycles. The van der Waals surface area contributed by atoms with Crippen LogP contribution in [0.25, 0.3) is 0 Å². The molecule has 0 amide bonds. The van der Waals surface area contributed by atoms with Crippen molar-refractivity contribution >= 4 is 7.60 Å². The first-order chi connectivity index (χ1) is 7.62. The third-order valence-electron chi connectivity index (χ3n) is 1.98. The summed E-state index contributed by atoms with van der Waals surface area (Å²) in [5.74, 6) is 0. The van der Waals surface area contributed by atoms with Gasteiger partial charge in [-0.25, -0.2) is 4.62 Å². The zero-order chi connectivity index (χ0) is 12.3. The number of hydroxylamine groups is 1. The van der Waals surface area contributed by atoms with E-state index in [1.54, 1.807) is 0 Å². The summed E-state index contributed by atoms with van der Waals surface area (Å²) in [6.07, 6.45) is 2.91. The van der Waals surface area contributed by atoms with Gasteiger partial charge in [-0.15, -0.1) is 0 Å². The molecule has 102 valence electrons. The fourth-order valence-corrected chi connectivity index (χ4v) is 2.13. The van der Waals surface area contributed by atoms with E-state index < -0.39 is 7.60 Å². The van der Waals surface area contributed by atoms with Gasteiger partial charge in [0.15, 0.2) is 0 Å². The molecule has 0 bridgehead atoms. The van der Waals surface area contributed by atoms with Crippen LogP contribution < -0.4 is 75.6 Å². The molecule has 0 fully saturated rings. The van der Waals surface area contributed by atoms with Gasteiger partial charge >= 0.3 is 66.7 Å². The van der Waals surface area contributed by atoms with Crippen LogP contribution in [-0.2, 0) is 9.19 Å². The van der Waals surface area contributed by atoms with E-state index in [0.29, 0.717) is 19.6 Å². The third-order valence-corrected chi connectivity index (χ3v) is 3.27. The van der Waals surface area contributed by atoms with E-state index in [9.17, 15) is 9.46 Å². The Morgan fingerprint density at radius 3 is 2.50 bits per heavy atom. The third kappa shape index (κ3) is 18.0. The van der Waals surface area contributed by atoms with Gasteiger partial charge in [0.1, 0.15) is 0 Å². The number of nitrogens with two attached hydrogens (primary N) is 1. The Labute approximate surface area is 157 Å². The second-order valence-corrected chi connectivity index (χ2v) is 5.50. The van der Waals surface area contributed by atoms with Crippen LogP contribution in [0.5, 0.6) is 0 Å². The SMILES string of the molecule is CCCCCP(=O)(O)ONCCNCCN.[H-].[H-].[Na+].[Na+]. The van der Waals surface area contributed by atoms with Crippen LogP contribution in [0.4, 0.5) is 0 Å². The van der Waals surface area contributed by atoms with Crippen LogP contribution in [0.2, 0.25) is 0 Å². The quantitative estimate of drug-likeness (QED) is 0.132. The van der Waals surface area contributed by atoms with Crippen LogP contribution in [0.3, 0.4) is 0 Å². The minimum absolute atomic E-state index is 0. The van der Waals surface area contributed by atoms with Crippen LogP contribution >= 0.6 is 7.60 Å². The molecular formula is C9H26N3Na2O3P. The van der Waals surface area contributed by atoms with Crippen molar-refractivity contribution in [3.63, 3.8) is 0 Å². The zero-order valence-electron chi connectivity index (χ0n) is 13.9. The van der Waals surface area contributed by atoms with Gasteiger partial charge in [0.2, 0.25) is 0 Å². The van der Waals surface area contributed by atoms with Gasteiger partial charge in [-0.2, -0.15) is 5.48 Å². The van der Waals surface area contributed by atoms with Crippen molar-refractivity contribution in [2.45, 2.75) is 26.2 Å². The predicted octanol–water partition coefficient (Wildman–Crippen LogP) is -5.34. The molecule has 5 N–H and O–H groups in total. The van der Waals surface area contributed by atoms with Crippen LogP contribution in [0.15, 0.2) is 0 Å². The monoisotopic (exact) mass is 301 g/mol. The summed E-state index contributed by atoms with van der Waals surface area (Å²) in [6.45, 7) is 4.50. The van der Waals surface area contributed by atoms with Crippen molar-refractivity contribution in [1.82, 2.24) is 10.8 Å². The topological polar surface area (TPSA) is 96.6 Å². The van der Waals surface area contributed by atoms with E-state index in [2.05, 4.69) is 10.8 Å². The van der Waals surface area contributed by atoms with E-state index in [0.717, 1.165) is 25.8 Å². The fourth-order valence-electron chi connectivity index (χ4n) is 1.12. The molecule has 0 rings (SSSR count). The van der Waals surface area contributed by atoms with E-state index in [-0.39, 0.29) is 68.1 Å². The van der Waals surface area contributed by atoms with Gasteiger partial charge in [-0.05, 0) is 6.42 Å². The molecule has 0 aliphatic carbocycles. The molecule has 0 aliphatic rings. The first-order valence-corrected chi connectivity index (χ1v) is 7.52. The minimum Gasteiger partial charge on any atom is -1.00 e. The molecule has 0 radical (unpaired) electrons. The average Bonchev–Trinajstić information content (AvgIpc) is 2.23. The Morgan fingerprint density at radius 1 is 1.28 bits per heavy atom. The molecule has 0 spiro atoms. The number of unbranched alkanes of at least 4 members (excludes halogenated alkanes) is 2. The summed E-state index contributed by atoms with van der Waals surface area (Å²) in [7, 11) is -3.44. The molecule has 1 unspecified atom stereocenters. The first kappa shape index (κ1) is 25.0. The van der Waals surface area contributed by atoms with Gasteiger partial charge in [-0.3, -0.25) is 4.57 Å². The van der Waals surface area contributed by atoms with Crippen LogP contribution in [-0.4, -0.2) is 37.2 Å². The number of hydrogen-bond donors (Lipinski definition) is 4. The molecular weight excluding hydrogens is 275 g/mol. The fraction of sp³-hybridized carbons (Fsp3) is 1.00. The smallest absolute Gasteiger partial charge is 1.00 e. The molecule has 1 atom stereocenters. The minimum atomic E-state index is -3.44. The Morgan fingerprint density at radius 2 is 1.94 bits per heavy atom. The second-order valence-electron chi connectivity index (χ2n) is 3.59. The number of rotatable bonds is 11. The summed E-state index contributed by atoms with van der Waals surface area (Å²) in [5.41, 5.74) is 7.78. The molecule has 9 heteroatoms. The largest absolute Gasteiger partial charge is 1.00 e. The summed E-state index contributed by atoms with van der Waals surface area (Å²) < 4.78 is 16.2. The molecule has 0 aliphatic heterocycles. The number of hydrogen-bond acceptors (Lipinski definition) is 5. The normalized spacial score (nSPS) is 13.3. The standard InChI is InChI=1S/C9H24N3O3P.2Na.2H/c1-2-3-4-9-16(13,14)15-12-8-7-11-6-5-10;;;;/h11-12H,2-10H2,1H3,(H,13,14);;;;/q;2*+1;2*-1. The van der Waals surface area contributed by atoms with Gasteiger partial charge in [0, 0.05) is 26.2 Å². The Bertz CT molecular complexity index is 223. The predicted molar refractivity (Wildman–Crippen MR) is 67.5 cm³/mol. The van der Waals surface area contributed by atoms with Gasteiger partial charge in [0.05, 0.1) is 6.16 Å². The van der Waals surface area contributed by atoms with Crippen molar-refractivity contribution in [2.75, 3.05) is 32.3 Å². The zero-order valence-corrected chi connectivity index (χ0v) is 16.8. The van der Waals surface area contributed by atoms with Crippen molar-refractivity contribution in [2.24, 2.45) is 5.73 Å². The van der Waals surface area contributed by atoms with Gasteiger partial charge < -0.3 is 18.8 Å². The van der Waals surface area contributed by atoms with Crippen molar-refractivity contribution in [3.05, 3.63) is 0 Å². The second kappa shape index (κ2) is 17.1. The van der Waals surface area contributed by atoms with E-state index in [1.807, 2.05) is 6.92 Å². The molecule has 0 saturated carbocycles. The van der Waals surface area contributed by atoms with E-state index >= 15 is 0 Å². The summed E-state index contributed by atoms with van der Waals surface area (Å²) >= 11 is 0. The van der Waals surface area contributed by atoms with E-state index in [1.165, 1.54) is 0 Å². The Kier molecular flexibility index (Phi) is 23.7. The molecule has 0 saturated heterocycles. The van der Waals surface area contributed by atoms with Gasteiger partial charge in [-0.1, -0.05) is 19.8 Å². The maximum Gasteiger partial charge on any atom is 1.00 e. The summed E-state index contributed by atoms with van der Waals surface area (Å²) in [6, 6.07) is 0. The first-order valence-electron chi connectivity index (χ1n) is 5.76. The van der Waals surface area contributed by atoms with E-state index in [4.69, 9.17) is 10.4 Å². The molecule has 0 aromatic rings. The summed E-state index contributed by atoms with van der Waals surface area (Å²) in [4.78, 5) is 9.37. The Balaban J connectivity index is -0.000000187. The van der Waals surface area contributed by atoms with Crippen LogP contribution in [0.1, 0.15) is 29.0 Å². The Hall–Kier alpha value is 2.03. The van der Waals surface area contributed by atoms with Crippen LogP contribution in [0, 0.1) is 0 Å². The van der Waals surface area contributed by atoms with Crippen molar-refractivity contribution in [3.8, 4) is 0 Å². The number of nitrogens with one attached hydrogen (secondary N) is 2.